The highest BCUT2D eigenvalue weighted by Gasteiger charge is 2.20. The minimum Gasteiger partial charge on any atom is -0.326 e. The van der Waals surface area contributed by atoms with E-state index >= 15 is 0 Å². The van der Waals surface area contributed by atoms with Crippen LogP contribution in [0.25, 0.3) is 10.8 Å². The molecule has 0 saturated heterocycles. The number of nitrogens with one attached hydrogen (secondary N) is 2. The Morgan fingerprint density at radius 2 is 1.65 bits per heavy atom. The van der Waals surface area contributed by atoms with Crippen LogP contribution in [0, 0.1) is 5.41 Å². The minimum absolute atomic E-state index is 0.00427. The normalized spacial score (nSPS) is 12.4. The molecule has 162 valence electrons. The van der Waals surface area contributed by atoms with E-state index in [0.717, 1.165) is 27.0 Å². The molecule has 0 aliphatic heterocycles. The first-order chi connectivity index (χ1) is 14.7. The first kappa shape index (κ1) is 22.9. The van der Waals surface area contributed by atoms with Crippen molar-refractivity contribution in [3.05, 3.63) is 66.7 Å². The molecule has 5 heteroatoms. The summed E-state index contributed by atoms with van der Waals surface area (Å²) in [6, 6.07) is 21.6. The van der Waals surface area contributed by atoms with Gasteiger partial charge in [0.1, 0.15) is 0 Å². The third-order valence-electron chi connectivity index (χ3n) is 4.80. The number of rotatable bonds is 7. The third kappa shape index (κ3) is 6.59. The Bertz CT molecular complexity index is 1070. The Hall–Kier alpha value is -2.79. The molecule has 0 fully saturated rings. The summed E-state index contributed by atoms with van der Waals surface area (Å²) in [4.78, 5) is 26.2. The number of hydrogen-bond acceptors (Lipinski definition) is 3. The van der Waals surface area contributed by atoms with Gasteiger partial charge in [0.25, 0.3) is 0 Å². The fraction of sp³-hybridized carbons (Fsp3) is 0.308. The number of carbonyl (C=O) groups excluding carboxylic acids is 2. The number of thioether (sulfide) groups is 1. The van der Waals surface area contributed by atoms with Gasteiger partial charge in [-0.25, -0.2) is 0 Å². The van der Waals surface area contributed by atoms with Crippen molar-refractivity contribution in [3.63, 3.8) is 0 Å². The molecular weight excluding hydrogens is 404 g/mol. The van der Waals surface area contributed by atoms with Crippen LogP contribution in [0.1, 0.15) is 40.5 Å². The number of carbonyl (C=O) groups is 2. The summed E-state index contributed by atoms with van der Waals surface area (Å²) in [7, 11) is 0. The zero-order valence-electron chi connectivity index (χ0n) is 18.6. The topological polar surface area (TPSA) is 58.2 Å². The van der Waals surface area contributed by atoms with Crippen LogP contribution in [0.15, 0.2) is 71.6 Å². The summed E-state index contributed by atoms with van der Waals surface area (Å²) in [6.07, 6.45) is 1.15. The van der Waals surface area contributed by atoms with Crippen LogP contribution in [0.3, 0.4) is 0 Å². The molecule has 3 rings (SSSR count). The number of anilines is 2. The van der Waals surface area contributed by atoms with Gasteiger partial charge in [-0.3, -0.25) is 9.59 Å². The highest BCUT2D eigenvalue weighted by Crippen LogP contribution is 2.30. The highest BCUT2D eigenvalue weighted by atomic mass is 32.2. The van der Waals surface area contributed by atoms with E-state index in [1.165, 1.54) is 11.8 Å². The van der Waals surface area contributed by atoms with E-state index in [1.54, 1.807) is 0 Å². The van der Waals surface area contributed by atoms with Crippen LogP contribution in [0.5, 0.6) is 0 Å². The molecule has 0 bridgehead atoms. The Morgan fingerprint density at radius 1 is 0.935 bits per heavy atom. The van der Waals surface area contributed by atoms with Gasteiger partial charge in [0.15, 0.2) is 0 Å². The maximum absolute atomic E-state index is 13.0. The smallest absolute Gasteiger partial charge is 0.237 e. The average Bonchev–Trinajstić information content (AvgIpc) is 2.71. The Labute approximate surface area is 188 Å². The van der Waals surface area contributed by atoms with Gasteiger partial charge < -0.3 is 10.6 Å². The zero-order chi connectivity index (χ0) is 22.4. The molecule has 1 atom stereocenters. The van der Waals surface area contributed by atoms with Crippen LogP contribution >= 0.6 is 11.8 Å². The Balaban J connectivity index is 1.69. The van der Waals surface area contributed by atoms with Crippen molar-refractivity contribution < 1.29 is 9.59 Å². The van der Waals surface area contributed by atoms with Gasteiger partial charge in [0, 0.05) is 28.1 Å². The summed E-state index contributed by atoms with van der Waals surface area (Å²) < 4.78 is 0. The van der Waals surface area contributed by atoms with Gasteiger partial charge in [0.05, 0.1) is 5.25 Å². The van der Waals surface area contributed by atoms with Crippen molar-refractivity contribution in [2.45, 2.75) is 50.7 Å². The van der Waals surface area contributed by atoms with Gasteiger partial charge in [-0.2, -0.15) is 0 Å². The predicted molar refractivity (Wildman–Crippen MR) is 132 cm³/mol. The lowest BCUT2D eigenvalue weighted by Gasteiger charge is -2.18. The zero-order valence-corrected chi connectivity index (χ0v) is 19.4. The summed E-state index contributed by atoms with van der Waals surface area (Å²) in [5, 5.41) is 7.96. The summed E-state index contributed by atoms with van der Waals surface area (Å²) in [5.74, 6) is -0.0265. The van der Waals surface area contributed by atoms with Crippen LogP contribution in [-0.2, 0) is 9.59 Å². The molecule has 0 heterocycles. The summed E-state index contributed by atoms with van der Waals surface area (Å²) >= 11 is 1.51. The maximum Gasteiger partial charge on any atom is 0.237 e. The van der Waals surface area contributed by atoms with E-state index in [4.69, 9.17) is 0 Å². The number of amides is 2. The third-order valence-corrected chi connectivity index (χ3v) is 6.16. The molecule has 2 N–H and O–H groups in total. The fourth-order valence-electron chi connectivity index (χ4n) is 3.37. The first-order valence-electron chi connectivity index (χ1n) is 10.6. The maximum atomic E-state index is 13.0. The number of fused-ring (bicyclic) bond motifs is 1. The highest BCUT2D eigenvalue weighted by molar-refractivity contribution is 8.00. The van der Waals surface area contributed by atoms with Crippen LogP contribution in [0.2, 0.25) is 0 Å². The molecule has 2 amide bonds. The molecule has 0 aliphatic carbocycles. The van der Waals surface area contributed by atoms with Gasteiger partial charge >= 0.3 is 0 Å². The molecule has 4 nitrogen and oxygen atoms in total. The van der Waals surface area contributed by atoms with Crippen LogP contribution < -0.4 is 10.6 Å². The van der Waals surface area contributed by atoms with Gasteiger partial charge in [-0.05, 0) is 41.5 Å². The van der Waals surface area contributed by atoms with Gasteiger partial charge in [-0.1, -0.05) is 70.2 Å². The van der Waals surface area contributed by atoms with E-state index in [-0.39, 0.29) is 22.5 Å². The lowest BCUT2D eigenvalue weighted by molar-refractivity contribution is -0.118. The van der Waals surface area contributed by atoms with E-state index in [0.29, 0.717) is 12.8 Å². The molecule has 3 aromatic rings. The molecule has 0 saturated carbocycles. The average molecular weight is 435 g/mol. The summed E-state index contributed by atoms with van der Waals surface area (Å²) in [5.41, 5.74) is 1.51. The Morgan fingerprint density at radius 3 is 2.39 bits per heavy atom. The van der Waals surface area contributed by atoms with Crippen molar-refractivity contribution in [1.29, 1.82) is 0 Å². The van der Waals surface area contributed by atoms with E-state index < -0.39 is 0 Å². The lowest BCUT2D eigenvalue weighted by Crippen LogP contribution is -2.24. The number of hydrogen-bond donors (Lipinski definition) is 2. The second kappa shape index (κ2) is 10.0. The lowest BCUT2D eigenvalue weighted by atomic mass is 9.92. The molecule has 0 radical (unpaired) electrons. The standard InChI is InChI=1S/C26H30N2O2S/c1-5-23(25(30)28-22-15-8-11-18-10-6-7-14-21(18)22)31-20-13-9-12-19(16-20)27-24(29)17-26(2,3)4/h6-16,23H,5,17H2,1-4H3,(H,27,29)(H,28,30). The first-order valence-corrected chi connectivity index (χ1v) is 11.5. The van der Waals surface area contributed by atoms with Crippen molar-refractivity contribution in [3.8, 4) is 0 Å². The summed E-state index contributed by atoms with van der Waals surface area (Å²) in [6.45, 7) is 8.13. The van der Waals surface area contributed by atoms with Crippen molar-refractivity contribution in [2.75, 3.05) is 10.6 Å². The SMILES string of the molecule is CCC(Sc1cccc(NC(=O)CC(C)(C)C)c1)C(=O)Nc1cccc2ccccc12. The number of benzene rings is 3. The van der Waals surface area contributed by atoms with Crippen LogP contribution in [-0.4, -0.2) is 17.1 Å². The van der Waals surface area contributed by atoms with Gasteiger partial charge in [-0.15, -0.1) is 11.8 Å². The molecule has 0 aromatic heterocycles. The van der Waals surface area contributed by atoms with Crippen LogP contribution in [0.4, 0.5) is 11.4 Å². The molecule has 1 unspecified atom stereocenters. The molecule has 0 aliphatic rings. The van der Waals surface area contributed by atoms with Crippen molar-refractivity contribution >= 4 is 45.7 Å². The molecule has 3 aromatic carbocycles. The monoisotopic (exact) mass is 434 g/mol. The Kier molecular flexibility index (Phi) is 7.39. The van der Waals surface area contributed by atoms with Crippen molar-refractivity contribution in [2.24, 2.45) is 5.41 Å². The van der Waals surface area contributed by atoms with Gasteiger partial charge in [0.2, 0.25) is 11.8 Å². The van der Waals surface area contributed by atoms with Crippen molar-refractivity contribution in [1.82, 2.24) is 0 Å². The second-order valence-corrected chi connectivity index (χ2v) is 10.1. The predicted octanol–water partition coefficient (Wildman–Crippen LogP) is 6.72. The molecule has 0 spiro atoms. The second-order valence-electron chi connectivity index (χ2n) is 8.84. The van der Waals surface area contributed by atoms with E-state index in [2.05, 4.69) is 10.6 Å². The quantitative estimate of drug-likeness (QED) is 0.406. The van der Waals surface area contributed by atoms with E-state index in [9.17, 15) is 9.59 Å². The largest absolute Gasteiger partial charge is 0.326 e. The molecule has 31 heavy (non-hydrogen) atoms. The fourth-order valence-corrected chi connectivity index (χ4v) is 4.38. The minimum atomic E-state index is -0.237. The van der Waals surface area contributed by atoms with E-state index in [1.807, 2.05) is 94.4 Å². The molecular formula is C26H30N2O2S.